The Labute approximate surface area is 309 Å². The van der Waals surface area contributed by atoms with Crippen LogP contribution in [0.1, 0.15) is 128 Å². The van der Waals surface area contributed by atoms with E-state index in [1.54, 1.807) is 6.07 Å². The Morgan fingerprint density at radius 1 is 0.923 bits per heavy atom. The highest BCUT2D eigenvalue weighted by atomic mass is 19.3. The summed E-state index contributed by atoms with van der Waals surface area (Å²) in [7, 11) is 0. The number of nitrogens with zero attached hydrogens (tertiary/aromatic N) is 1. The Morgan fingerprint density at radius 2 is 1.63 bits per heavy atom. The summed E-state index contributed by atoms with van der Waals surface area (Å²) < 4.78 is 42.4. The van der Waals surface area contributed by atoms with Crippen molar-refractivity contribution in [1.82, 2.24) is 10.2 Å². The van der Waals surface area contributed by atoms with Gasteiger partial charge in [-0.3, -0.25) is 4.79 Å². The Bertz CT molecular complexity index is 1660. The Kier molecular flexibility index (Phi) is 9.23. The molecule has 9 atom stereocenters. The molecule has 1 aromatic carbocycles. The van der Waals surface area contributed by atoms with Crippen LogP contribution in [0.3, 0.4) is 0 Å². The molecule has 1 amide bonds. The van der Waals surface area contributed by atoms with Crippen molar-refractivity contribution in [2.24, 2.45) is 56.7 Å². The van der Waals surface area contributed by atoms with Gasteiger partial charge >= 0.3 is 5.97 Å². The molecule has 2 N–H and O–H groups in total. The van der Waals surface area contributed by atoms with E-state index in [0.717, 1.165) is 68.9 Å². The van der Waals surface area contributed by atoms with Crippen LogP contribution in [-0.2, 0) is 4.79 Å². The van der Waals surface area contributed by atoms with Crippen molar-refractivity contribution in [1.29, 1.82) is 0 Å². The number of allylic oxidation sites excluding steroid dienone is 3. The van der Waals surface area contributed by atoms with Crippen molar-refractivity contribution in [3.05, 3.63) is 53.4 Å². The number of piperidine rings is 1. The molecule has 1 heterocycles. The number of carbonyl (C=O) groups excluding carboxylic acids is 1. The van der Waals surface area contributed by atoms with Crippen molar-refractivity contribution in [3.63, 3.8) is 0 Å². The average Bonchev–Trinajstić information content (AvgIpc) is 3.47. The maximum atomic E-state index is 14.9. The minimum absolute atomic E-state index is 0.0568. The zero-order valence-electron chi connectivity index (χ0n) is 32.4. The molecule has 52 heavy (non-hydrogen) atoms. The van der Waals surface area contributed by atoms with Gasteiger partial charge in [-0.15, -0.1) is 0 Å². The molecule has 5 aliphatic carbocycles. The first kappa shape index (κ1) is 37.7. The third kappa shape index (κ3) is 5.56. The van der Waals surface area contributed by atoms with Crippen LogP contribution in [0, 0.1) is 62.5 Å². The van der Waals surface area contributed by atoms with Gasteiger partial charge in [0.05, 0.1) is 11.0 Å². The lowest BCUT2D eigenvalue weighted by Gasteiger charge is -2.72. The molecule has 1 aromatic rings. The lowest BCUT2D eigenvalue weighted by molar-refractivity contribution is -0.225. The maximum absolute atomic E-state index is 14.9. The predicted molar refractivity (Wildman–Crippen MR) is 199 cm³/mol. The van der Waals surface area contributed by atoms with Gasteiger partial charge in [-0.25, -0.2) is 18.0 Å². The average molecular weight is 723 g/mol. The first-order chi connectivity index (χ1) is 24.3. The number of aromatic carboxylic acids is 1. The minimum atomic E-state index is -2.57. The molecule has 6 aliphatic rings. The fourth-order valence-electron chi connectivity index (χ4n) is 14.1. The van der Waals surface area contributed by atoms with Crippen LogP contribution in [0.2, 0.25) is 0 Å². The quantitative estimate of drug-likeness (QED) is 0.275. The summed E-state index contributed by atoms with van der Waals surface area (Å²) in [6, 6.07) is 4.60. The molecule has 5 nitrogen and oxygen atoms in total. The molecular formula is C44H61F3N2O3. The number of amides is 1. The van der Waals surface area contributed by atoms with Crippen molar-refractivity contribution >= 4 is 17.4 Å². The number of likely N-dealkylation sites (tertiary alicyclic amines) is 1. The van der Waals surface area contributed by atoms with Gasteiger partial charge in [0, 0.05) is 39.0 Å². The van der Waals surface area contributed by atoms with E-state index < -0.39 is 23.1 Å². The summed E-state index contributed by atoms with van der Waals surface area (Å²) >= 11 is 0. The summed E-state index contributed by atoms with van der Waals surface area (Å²) in [5.41, 5.74) is 2.40. The molecule has 0 radical (unpaired) electrons. The van der Waals surface area contributed by atoms with Crippen LogP contribution in [0.25, 0.3) is 5.57 Å². The molecule has 5 fully saturated rings. The van der Waals surface area contributed by atoms with Crippen LogP contribution in [0.5, 0.6) is 0 Å². The van der Waals surface area contributed by atoms with Gasteiger partial charge < -0.3 is 15.3 Å². The van der Waals surface area contributed by atoms with Crippen molar-refractivity contribution in [3.8, 4) is 0 Å². The SMILES string of the molecule is C=C(C)C1CCC2(C(=O)NCCN3CCC(F)(F)CC3)CCC3(C)C(CCC4C5(C)CC=C(c6ccc(C(=O)O)c(F)c6)C(C)(C)C5CCC43C)C12. The van der Waals surface area contributed by atoms with E-state index in [0.29, 0.717) is 49.9 Å². The van der Waals surface area contributed by atoms with E-state index >= 15 is 0 Å². The Hall–Kier alpha value is -2.61. The summed E-state index contributed by atoms with van der Waals surface area (Å²) in [4.78, 5) is 28.0. The largest absolute Gasteiger partial charge is 0.478 e. The fraction of sp³-hybridized carbons (Fsp3) is 0.727. The Balaban J connectivity index is 1.14. The van der Waals surface area contributed by atoms with Gasteiger partial charge in [0.1, 0.15) is 5.82 Å². The van der Waals surface area contributed by atoms with E-state index in [9.17, 15) is 27.9 Å². The first-order valence-corrected chi connectivity index (χ1v) is 20.1. The van der Waals surface area contributed by atoms with Gasteiger partial charge in [-0.2, -0.15) is 0 Å². The van der Waals surface area contributed by atoms with Crippen LogP contribution >= 0.6 is 0 Å². The van der Waals surface area contributed by atoms with Gasteiger partial charge in [0.15, 0.2) is 0 Å². The van der Waals surface area contributed by atoms with Crippen LogP contribution in [0.15, 0.2) is 36.4 Å². The van der Waals surface area contributed by atoms with Gasteiger partial charge in [0.2, 0.25) is 5.91 Å². The van der Waals surface area contributed by atoms with E-state index in [4.69, 9.17) is 0 Å². The zero-order chi connectivity index (χ0) is 37.6. The monoisotopic (exact) mass is 722 g/mol. The summed E-state index contributed by atoms with van der Waals surface area (Å²) in [5, 5.41) is 12.8. The smallest absolute Gasteiger partial charge is 0.338 e. The van der Waals surface area contributed by atoms with Crippen LogP contribution < -0.4 is 5.32 Å². The number of nitrogens with one attached hydrogen (secondary N) is 1. The Morgan fingerprint density at radius 3 is 2.29 bits per heavy atom. The third-order valence-electron chi connectivity index (χ3n) is 16.9. The second kappa shape index (κ2) is 12.7. The molecule has 0 aromatic heterocycles. The second-order valence-corrected chi connectivity index (χ2v) is 19.3. The highest BCUT2D eigenvalue weighted by Gasteiger charge is 2.71. The molecule has 0 bridgehead atoms. The van der Waals surface area contributed by atoms with Crippen molar-refractivity contribution in [2.45, 2.75) is 118 Å². The predicted octanol–water partition coefficient (Wildman–Crippen LogP) is 10.0. The zero-order valence-corrected chi connectivity index (χ0v) is 32.4. The number of carboxylic acids is 1. The highest BCUT2D eigenvalue weighted by Crippen LogP contribution is 2.77. The number of hydrogen-bond donors (Lipinski definition) is 2. The van der Waals surface area contributed by atoms with Crippen LogP contribution in [0.4, 0.5) is 13.2 Å². The summed E-state index contributed by atoms with van der Waals surface area (Å²) in [5.74, 6) is -2.44. The number of halogens is 3. The number of alkyl halides is 2. The highest BCUT2D eigenvalue weighted by molar-refractivity contribution is 5.88. The van der Waals surface area contributed by atoms with E-state index in [-0.39, 0.29) is 51.9 Å². The maximum Gasteiger partial charge on any atom is 0.338 e. The van der Waals surface area contributed by atoms with E-state index in [1.807, 2.05) is 0 Å². The number of hydrogen-bond acceptors (Lipinski definition) is 3. The molecule has 4 saturated carbocycles. The van der Waals surface area contributed by atoms with Crippen molar-refractivity contribution < 1.29 is 27.9 Å². The standard InChI is InChI=1S/C44H61F3N2O3/c1-27(2)29-12-17-43(38(52)48-22-25-49-23-20-44(46,47)21-24-49)19-18-41(6)32(36(29)43)10-11-35-40(5)15-13-31(28-8-9-30(37(50)51)33(45)26-28)39(3,4)34(40)14-16-42(35,41)7/h8-9,13,26,29,32,34-36H,1,10-12,14-25H2,2-7H3,(H,48,52)(H,50,51). The number of fused-ring (bicyclic) bond motifs is 7. The fourth-order valence-corrected chi connectivity index (χ4v) is 14.1. The molecule has 1 aliphatic heterocycles. The molecular weight excluding hydrogens is 661 g/mol. The summed E-state index contributed by atoms with van der Waals surface area (Å²) in [6.45, 7) is 20.8. The third-order valence-corrected chi connectivity index (χ3v) is 16.9. The van der Waals surface area contributed by atoms with Crippen LogP contribution in [-0.4, -0.2) is 54.0 Å². The molecule has 8 heteroatoms. The molecule has 9 unspecified atom stereocenters. The topological polar surface area (TPSA) is 69.6 Å². The van der Waals surface area contributed by atoms with E-state index in [2.05, 4.69) is 64.4 Å². The number of rotatable bonds is 7. The van der Waals surface area contributed by atoms with E-state index in [1.165, 1.54) is 17.7 Å². The normalized spacial score (nSPS) is 40.7. The number of carbonyl (C=O) groups is 2. The van der Waals surface area contributed by atoms with Gasteiger partial charge in [0.25, 0.3) is 5.92 Å². The van der Waals surface area contributed by atoms with Gasteiger partial charge in [-0.05, 0) is 139 Å². The molecule has 7 rings (SSSR count). The minimum Gasteiger partial charge on any atom is -0.478 e. The van der Waals surface area contributed by atoms with Crippen molar-refractivity contribution in [2.75, 3.05) is 26.2 Å². The number of carboxylic acid groups (broad SMARTS) is 1. The summed E-state index contributed by atoms with van der Waals surface area (Å²) in [6.07, 6.45) is 11.3. The first-order valence-electron chi connectivity index (χ1n) is 20.1. The van der Waals surface area contributed by atoms with Gasteiger partial charge in [-0.1, -0.05) is 58.9 Å². The second-order valence-electron chi connectivity index (χ2n) is 19.3. The molecule has 286 valence electrons. The molecule has 1 saturated heterocycles. The lowest BCUT2D eigenvalue weighted by atomic mass is 9.32. The number of benzene rings is 1. The molecule has 0 spiro atoms. The lowest BCUT2D eigenvalue weighted by Crippen LogP contribution is -2.66.